The molecule has 1 fully saturated rings. The van der Waals surface area contributed by atoms with Gasteiger partial charge in [0.05, 0.1) is 12.3 Å². The molecule has 3 N–H and O–H groups in total. The van der Waals surface area contributed by atoms with Crippen LogP contribution >= 0.6 is 35.3 Å². The van der Waals surface area contributed by atoms with Crippen molar-refractivity contribution in [1.82, 2.24) is 15.4 Å². The summed E-state index contributed by atoms with van der Waals surface area (Å²) in [6, 6.07) is 2.03. The Bertz CT molecular complexity index is 587. The molecule has 1 aliphatic rings. The predicted octanol–water partition coefficient (Wildman–Crippen LogP) is 2.14. The number of nitrogens with one attached hydrogen (secondary N) is 3. The van der Waals surface area contributed by atoms with Crippen LogP contribution in [0.25, 0.3) is 0 Å². The highest BCUT2D eigenvalue weighted by Gasteiger charge is 2.19. The van der Waals surface area contributed by atoms with Gasteiger partial charge >= 0.3 is 0 Å². The third-order valence-corrected chi connectivity index (χ3v) is 5.90. The molecular formula is C15H27IN4O2S2. The molecule has 9 heteroatoms. The second kappa shape index (κ2) is 11.3. The molecule has 6 nitrogen and oxygen atoms in total. The Labute approximate surface area is 166 Å². The topological polar surface area (TPSA) is 82.6 Å². The van der Waals surface area contributed by atoms with E-state index < -0.39 is 10.0 Å². The molecule has 0 aliphatic heterocycles. The van der Waals surface area contributed by atoms with E-state index in [4.69, 9.17) is 0 Å². The van der Waals surface area contributed by atoms with Gasteiger partial charge < -0.3 is 10.6 Å². The molecule has 0 aromatic carbocycles. The Kier molecular flexibility index (Phi) is 10.2. The molecule has 138 valence electrons. The average molecular weight is 486 g/mol. The van der Waals surface area contributed by atoms with Gasteiger partial charge in [-0.3, -0.25) is 0 Å². The van der Waals surface area contributed by atoms with Crippen molar-refractivity contribution in [3.8, 4) is 0 Å². The van der Waals surface area contributed by atoms with Gasteiger partial charge in [0.25, 0.3) is 0 Å². The van der Waals surface area contributed by atoms with Gasteiger partial charge in [0.15, 0.2) is 5.96 Å². The number of aliphatic imine (C=N–C) groups is 1. The fraction of sp³-hybridized carbons (Fsp3) is 0.667. The smallest absolute Gasteiger partial charge is 0.213 e. The lowest BCUT2D eigenvalue weighted by molar-refractivity contribution is 0.316. The van der Waals surface area contributed by atoms with Gasteiger partial charge in [-0.2, -0.15) is 11.3 Å². The summed E-state index contributed by atoms with van der Waals surface area (Å²) in [5.74, 6) is 1.23. The summed E-state index contributed by atoms with van der Waals surface area (Å²) in [5.41, 5.74) is 1.15. The summed E-state index contributed by atoms with van der Waals surface area (Å²) < 4.78 is 26.6. The molecule has 1 aromatic rings. The van der Waals surface area contributed by atoms with E-state index in [1.165, 1.54) is 6.42 Å². The summed E-state index contributed by atoms with van der Waals surface area (Å²) in [6.45, 7) is 4.23. The van der Waals surface area contributed by atoms with Crippen molar-refractivity contribution in [2.75, 3.05) is 25.4 Å². The third kappa shape index (κ3) is 8.13. The molecule has 0 saturated heterocycles. The fourth-order valence-corrected chi connectivity index (χ4v) is 3.88. The number of rotatable bonds is 9. The van der Waals surface area contributed by atoms with Crippen LogP contribution in [0.1, 0.15) is 31.7 Å². The number of nitrogens with zero attached hydrogens (tertiary/aromatic N) is 1. The second-order valence-corrected chi connectivity index (χ2v) is 8.42. The zero-order valence-electron chi connectivity index (χ0n) is 14.0. The van der Waals surface area contributed by atoms with Crippen LogP contribution in [-0.4, -0.2) is 39.8 Å². The van der Waals surface area contributed by atoms with Crippen LogP contribution in [0.5, 0.6) is 0 Å². The Morgan fingerprint density at radius 1 is 1.38 bits per heavy atom. The maximum absolute atomic E-state index is 11.9. The van der Waals surface area contributed by atoms with Gasteiger partial charge in [-0.15, -0.1) is 24.0 Å². The van der Waals surface area contributed by atoms with E-state index >= 15 is 0 Å². The standard InChI is InChI=1S/C15H26N4O2S2.HI/c1-2-16-15(18-10-14-6-8-22-12-14)17-7-9-23(20,21)19-11-13-4-3-5-13;/h6,8,12-13,19H,2-5,7,9-11H2,1H3,(H2,16,17,18);1H. The first kappa shape index (κ1) is 21.7. The van der Waals surface area contributed by atoms with Crippen LogP contribution < -0.4 is 15.4 Å². The maximum atomic E-state index is 11.9. The zero-order valence-corrected chi connectivity index (χ0v) is 17.9. The van der Waals surface area contributed by atoms with E-state index in [0.717, 1.165) is 24.9 Å². The number of thiophene rings is 1. The number of guanidine groups is 1. The highest BCUT2D eigenvalue weighted by molar-refractivity contribution is 14.0. The molecule has 0 spiro atoms. The van der Waals surface area contributed by atoms with Gasteiger partial charge in [-0.25, -0.2) is 18.1 Å². The van der Waals surface area contributed by atoms with Gasteiger partial charge in [-0.05, 0) is 48.1 Å². The van der Waals surface area contributed by atoms with Crippen LogP contribution in [0.4, 0.5) is 0 Å². The van der Waals surface area contributed by atoms with E-state index in [9.17, 15) is 8.42 Å². The van der Waals surface area contributed by atoms with Crippen molar-refractivity contribution >= 4 is 51.3 Å². The SMILES string of the molecule is CCNC(=NCc1ccsc1)NCCS(=O)(=O)NCC1CCC1.I. The number of halogens is 1. The second-order valence-electron chi connectivity index (χ2n) is 5.72. The van der Waals surface area contributed by atoms with Gasteiger partial charge in [0.1, 0.15) is 0 Å². The van der Waals surface area contributed by atoms with E-state index in [2.05, 4.69) is 25.7 Å². The summed E-state index contributed by atoms with van der Waals surface area (Å²) >= 11 is 1.64. The molecule has 0 bridgehead atoms. The highest BCUT2D eigenvalue weighted by atomic mass is 127. The lowest BCUT2D eigenvalue weighted by Crippen LogP contribution is -2.42. The normalized spacial score (nSPS) is 15.5. The molecule has 1 saturated carbocycles. The number of hydrogen-bond donors (Lipinski definition) is 3. The Morgan fingerprint density at radius 3 is 2.75 bits per heavy atom. The third-order valence-electron chi connectivity index (χ3n) is 3.82. The Hall–Kier alpha value is -0.390. The molecule has 1 aliphatic carbocycles. The predicted molar refractivity (Wildman–Crippen MR) is 112 cm³/mol. The van der Waals surface area contributed by atoms with Crippen LogP contribution in [0.15, 0.2) is 21.8 Å². The lowest BCUT2D eigenvalue weighted by Gasteiger charge is -2.25. The maximum Gasteiger partial charge on any atom is 0.213 e. The monoisotopic (exact) mass is 486 g/mol. The summed E-state index contributed by atoms with van der Waals surface area (Å²) in [6.07, 6.45) is 3.50. The molecule has 0 amide bonds. The highest BCUT2D eigenvalue weighted by Crippen LogP contribution is 2.25. The van der Waals surface area contributed by atoms with Crippen LogP contribution in [-0.2, 0) is 16.6 Å². The molecule has 1 heterocycles. The molecule has 2 rings (SSSR count). The van der Waals surface area contributed by atoms with Crippen molar-refractivity contribution < 1.29 is 8.42 Å². The minimum absolute atomic E-state index is 0. The first-order valence-corrected chi connectivity index (χ1v) is 10.7. The summed E-state index contributed by atoms with van der Waals surface area (Å²) in [5, 5.41) is 10.3. The number of sulfonamides is 1. The van der Waals surface area contributed by atoms with Crippen LogP contribution in [0, 0.1) is 5.92 Å². The fourth-order valence-electron chi connectivity index (χ4n) is 2.21. The van der Waals surface area contributed by atoms with E-state index in [0.29, 0.717) is 31.5 Å². The van der Waals surface area contributed by atoms with Gasteiger partial charge in [0.2, 0.25) is 10.0 Å². The molecule has 0 radical (unpaired) electrons. The first-order chi connectivity index (χ1) is 11.1. The molecular weight excluding hydrogens is 459 g/mol. The lowest BCUT2D eigenvalue weighted by atomic mass is 9.86. The summed E-state index contributed by atoms with van der Waals surface area (Å²) in [4.78, 5) is 4.46. The molecule has 1 aromatic heterocycles. The Balaban J connectivity index is 0.00000288. The largest absolute Gasteiger partial charge is 0.357 e. The minimum atomic E-state index is -3.22. The van der Waals surface area contributed by atoms with E-state index in [1.807, 2.05) is 18.4 Å². The van der Waals surface area contributed by atoms with Crippen molar-refractivity contribution in [3.63, 3.8) is 0 Å². The zero-order chi connectivity index (χ0) is 16.5. The number of hydrogen-bond acceptors (Lipinski definition) is 4. The molecule has 0 atom stereocenters. The average Bonchev–Trinajstić information content (AvgIpc) is 2.96. The summed E-state index contributed by atoms with van der Waals surface area (Å²) in [7, 11) is -3.22. The minimum Gasteiger partial charge on any atom is -0.357 e. The van der Waals surface area contributed by atoms with Gasteiger partial charge in [-0.1, -0.05) is 6.42 Å². The van der Waals surface area contributed by atoms with Crippen molar-refractivity contribution in [1.29, 1.82) is 0 Å². The van der Waals surface area contributed by atoms with Crippen molar-refractivity contribution in [2.24, 2.45) is 10.9 Å². The molecule has 0 unspecified atom stereocenters. The van der Waals surface area contributed by atoms with E-state index in [1.54, 1.807) is 11.3 Å². The van der Waals surface area contributed by atoms with Gasteiger partial charge in [0, 0.05) is 19.6 Å². The molecule has 24 heavy (non-hydrogen) atoms. The van der Waals surface area contributed by atoms with Crippen molar-refractivity contribution in [2.45, 2.75) is 32.7 Å². The Morgan fingerprint density at radius 2 is 2.17 bits per heavy atom. The first-order valence-electron chi connectivity index (χ1n) is 8.09. The van der Waals surface area contributed by atoms with E-state index in [-0.39, 0.29) is 29.7 Å². The van der Waals surface area contributed by atoms with Crippen LogP contribution in [0.3, 0.4) is 0 Å². The van der Waals surface area contributed by atoms with Crippen LogP contribution in [0.2, 0.25) is 0 Å². The quantitative estimate of drug-likeness (QED) is 0.284. The van der Waals surface area contributed by atoms with Crippen molar-refractivity contribution in [3.05, 3.63) is 22.4 Å².